The molecule has 10 rings (SSSR count). The Labute approximate surface area is 445 Å². The Morgan fingerprint density at radius 3 is 1.25 bits per heavy atom. The summed E-state index contributed by atoms with van der Waals surface area (Å²) in [4.78, 5) is 14.3. The van der Waals surface area contributed by atoms with E-state index in [0.717, 1.165) is 0 Å². The van der Waals surface area contributed by atoms with Crippen LogP contribution in [0.1, 0.15) is 0 Å². The number of hydrogen-bond acceptors (Lipinski definition) is 4. The van der Waals surface area contributed by atoms with Gasteiger partial charge >= 0.3 is 0 Å². The molecule has 3 heterocycles. The molecule has 0 bridgehead atoms. The molecule has 0 saturated heterocycles. The normalized spacial score (nSPS) is 11.7. The minimum absolute atomic E-state index is 0.00598. The number of rotatable bonds is 5. The number of fused-ring (bicyclic) bond motifs is 6. The molecule has 0 fully saturated rings. The van der Waals surface area contributed by atoms with Crippen molar-refractivity contribution in [1.82, 2.24) is 19.5 Å². The van der Waals surface area contributed by atoms with E-state index in [1.54, 1.807) is 34.9 Å². The summed E-state index contributed by atoms with van der Waals surface area (Å²) in [5, 5.41) is 1.72. The van der Waals surface area contributed by atoms with E-state index in [1.807, 2.05) is 0 Å². The molecule has 0 spiro atoms. The highest BCUT2D eigenvalue weighted by Crippen LogP contribution is 2.40. The molecule has 7 aromatic carbocycles. The van der Waals surface area contributed by atoms with Crippen LogP contribution in [0.3, 0.4) is 0 Å². The summed E-state index contributed by atoms with van der Waals surface area (Å²) >= 11 is 0. The Bertz CT molecular complexity index is 3980. The molecule has 0 atom stereocenters. The maximum absolute atomic E-state index is 6.83. The lowest BCUT2D eigenvalue weighted by Gasteiger charge is -2.22. The lowest BCUT2D eigenvalue weighted by molar-refractivity contribution is 0.670. The molecule has 0 amide bonds. The topological polar surface area (TPSA) is 56.7 Å². The third-order valence-electron chi connectivity index (χ3n) is 13.3. The molecule has 278 valence electrons. The summed E-state index contributed by atoms with van der Waals surface area (Å²) < 4.78 is 8.50. The van der Waals surface area contributed by atoms with Gasteiger partial charge in [0.2, 0.25) is 0 Å². The van der Waals surface area contributed by atoms with Crippen LogP contribution in [0.2, 0.25) is 0 Å². The van der Waals surface area contributed by atoms with Crippen molar-refractivity contribution in [3.8, 4) is 51.0 Å². The second-order valence-corrected chi connectivity index (χ2v) is 17.2. The highest BCUT2D eigenvalue weighted by Gasteiger charge is 2.27. The quantitative estimate of drug-likeness (QED) is 0.162. The van der Waals surface area contributed by atoms with Crippen LogP contribution >= 0.6 is 0 Å². The highest BCUT2D eigenvalue weighted by molar-refractivity contribution is 6.72. The Morgan fingerprint density at radius 2 is 0.750 bits per heavy atom. The molecular formula is C45H6B22N4O. The number of aromatic nitrogens is 4. The first-order valence-corrected chi connectivity index (χ1v) is 21.2. The first kappa shape index (κ1) is 50.1. The molecular weight excluding hydrogens is 850 g/mol. The number of nitrogens with zero attached hydrogens (tertiary/aromatic N) is 4. The summed E-state index contributed by atoms with van der Waals surface area (Å²) in [5.74, 6) is -0.228. The predicted molar refractivity (Wildman–Crippen MR) is 322 cm³/mol. The fourth-order valence-corrected chi connectivity index (χ4v) is 9.26. The Morgan fingerprint density at radius 1 is 0.333 bits per heavy atom. The van der Waals surface area contributed by atoms with Crippen molar-refractivity contribution in [2.24, 2.45) is 0 Å². The maximum atomic E-state index is 6.83. The monoisotopic (exact) mass is 860 g/mol. The van der Waals surface area contributed by atoms with Crippen molar-refractivity contribution in [3.05, 3.63) is 36.4 Å². The SMILES string of the molecule is [B]c1cc([B])c2c(c1[B])c1c([B])c([B])c([B])c([B])c1n2-c1cc(-c2c([B])c([B])c([B])c([B])c2[B])c2oc3cc(-c4nc(-c5c([B])c([B])c([B])c([B])c5[B])nc(-c5c([B])c([B])c([B])c([B])c5[B])n4)ccc3c2c1. The van der Waals surface area contributed by atoms with Gasteiger partial charge in [0.05, 0.1) is 0 Å². The minimum atomic E-state index is -0.118. The van der Waals surface area contributed by atoms with Gasteiger partial charge in [-0.25, -0.2) is 15.0 Å². The molecule has 3 aromatic heterocycles. The van der Waals surface area contributed by atoms with E-state index in [1.165, 1.54) is 6.07 Å². The van der Waals surface area contributed by atoms with Crippen molar-refractivity contribution in [2.75, 3.05) is 0 Å². The summed E-state index contributed by atoms with van der Waals surface area (Å²) in [6.07, 6.45) is 0. The first-order valence-electron chi connectivity index (χ1n) is 21.2. The third kappa shape index (κ3) is 7.11. The van der Waals surface area contributed by atoms with Gasteiger partial charge in [-0.15, -0.1) is 65.6 Å². The molecule has 0 N–H and O–H groups in total. The molecule has 0 unspecified atom stereocenters. The molecule has 72 heavy (non-hydrogen) atoms. The van der Waals surface area contributed by atoms with Crippen molar-refractivity contribution < 1.29 is 4.42 Å². The average molecular weight is 856 g/mol. The summed E-state index contributed by atoms with van der Waals surface area (Å²) in [6.45, 7) is 0. The Balaban J connectivity index is 1.32. The van der Waals surface area contributed by atoms with Gasteiger partial charge in [0.25, 0.3) is 0 Å². The molecule has 44 radical (unpaired) electrons. The summed E-state index contributed by atoms with van der Waals surface area (Å²) in [5.41, 5.74) is 2.38. The van der Waals surface area contributed by atoms with Gasteiger partial charge in [-0.05, 0) is 40.6 Å². The second kappa shape index (κ2) is 17.6. The lowest BCUT2D eigenvalue weighted by Crippen LogP contribution is -2.55. The maximum Gasteiger partial charge on any atom is 0.164 e. The minimum Gasteiger partial charge on any atom is -0.455 e. The number of hydrogen-bond donors (Lipinski definition) is 0. The average Bonchev–Trinajstić information content (AvgIpc) is 3.92. The van der Waals surface area contributed by atoms with Crippen molar-refractivity contribution in [1.29, 1.82) is 0 Å². The van der Waals surface area contributed by atoms with Gasteiger partial charge in [-0.2, -0.15) is 0 Å². The van der Waals surface area contributed by atoms with Crippen LogP contribution in [-0.2, 0) is 0 Å². The number of benzene rings is 7. The van der Waals surface area contributed by atoms with E-state index in [0.29, 0.717) is 49.4 Å². The zero-order chi connectivity index (χ0) is 52.2. The standard InChI is InChI=1S/C45H6B22N4O/c46-12-6-13(47)40-16(20(12)48)17-23(51)30(58)38(66)39(67)41(17)71(40)8-4-10-9-2-1-7(3-14(9)72-42(10)11(5-8)15-21(49)28(56)35(63)29(57)22(15)50)43-68-44(18-24(52)31(59)36(64)32(60)25(18)53)70-45(69-43)19-26(54)33(61)37(65)34(62)27(19)55/h1-6H. The van der Waals surface area contributed by atoms with Crippen LogP contribution in [-0.4, -0.2) is 192 Å². The van der Waals surface area contributed by atoms with Crippen molar-refractivity contribution in [2.45, 2.75) is 0 Å². The van der Waals surface area contributed by atoms with E-state index in [2.05, 4.69) is 4.98 Å². The first-order chi connectivity index (χ1) is 33.9. The van der Waals surface area contributed by atoms with Crippen LogP contribution in [0.4, 0.5) is 0 Å². The number of furan rings is 1. The predicted octanol–water partition coefficient (Wildman–Crippen LogP) is -15.0. The second-order valence-electron chi connectivity index (χ2n) is 17.2. The van der Waals surface area contributed by atoms with Gasteiger partial charge in [-0.1, -0.05) is 66.8 Å². The van der Waals surface area contributed by atoms with Gasteiger partial charge in [0.1, 0.15) is 184 Å². The molecule has 0 aliphatic heterocycles. The fourth-order valence-electron chi connectivity index (χ4n) is 9.26. The van der Waals surface area contributed by atoms with Crippen molar-refractivity contribution >= 4 is 337 Å². The van der Waals surface area contributed by atoms with Gasteiger partial charge in [-0.3, -0.25) is 0 Å². The fraction of sp³-hybridized carbons (Fsp3) is 0. The highest BCUT2D eigenvalue weighted by atomic mass is 16.3. The molecule has 27 heteroatoms. The van der Waals surface area contributed by atoms with E-state index in [-0.39, 0.29) is 166 Å². The van der Waals surface area contributed by atoms with Gasteiger partial charge < -0.3 is 8.98 Å². The Hall–Kier alpha value is -5.42. The van der Waals surface area contributed by atoms with E-state index in [9.17, 15) is 0 Å². The van der Waals surface area contributed by atoms with Crippen molar-refractivity contribution in [3.63, 3.8) is 0 Å². The lowest BCUT2D eigenvalue weighted by atomic mass is 9.59. The van der Waals surface area contributed by atoms with Crippen LogP contribution in [0.25, 0.3) is 94.7 Å². The third-order valence-corrected chi connectivity index (χ3v) is 13.3. The molecule has 10 aromatic rings. The largest absolute Gasteiger partial charge is 0.455 e. The molecule has 5 nitrogen and oxygen atoms in total. The zero-order valence-corrected chi connectivity index (χ0v) is 37.9. The van der Waals surface area contributed by atoms with Gasteiger partial charge in [0.15, 0.2) is 17.5 Å². The van der Waals surface area contributed by atoms with Crippen LogP contribution in [0.5, 0.6) is 0 Å². The molecule has 0 aliphatic rings. The van der Waals surface area contributed by atoms with Gasteiger partial charge in [0, 0.05) is 49.7 Å². The zero-order valence-electron chi connectivity index (χ0n) is 37.9. The van der Waals surface area contributed by atoms with E-state index >= 15 is 0 Å². The van der Waals surface area contributed by atoms with Crippen LogP contribution in [0.15, 0.2) is 40.8 Å². The summed E-state index contributed by atoms with van der Waals surface area (Å²) in [6, 6.07) is 10.1. The van der Waals surface area contributed by atoms with Crippen LogP contribution < -0.4 is 120 Å². The van der Waals surface area contributed by atoms with E-state index in [4.69, 9.17) is 187 Å². The van der Waals surface area contributed by atoms with E-state index < -0.39 is 0 Å². The molecule has 0 saturated carbocycles. The summed E-state index contributed by atoms with van der Waals surface area (Å²) in [7, 11) is 143. The van der Waals surface area contributed by atoms with Crippen LogP contribution in [0, 0.1) is 0 Å². The Kier molecular flexibility index (Phi) is 12.3. The molecule has 0 aliphatic carbocycles. The smallest absolute Gasteiger partial charge is 0.164 e.